The first-order chi connectivity index (χ1) is 7.53. The van der Waals surface area contributed by atoms with Gasteiger partial charge in [0.05, 0.1) is 0 Å². The average Bonchev–Trinajstić information content (AvgIpc) is 2.28. The predicted molar refractivity (Wildman–Crippen MR) is 71.6 cm³/mol. The maximum atomic E-state index is 5.88. The summed E-state index contributed by atoms with van der Waals surface area (Å²) >= 11 is 0. The number of likely N-dealkylation sites (tertiary alicyclic amines) is 1. The third-order valence-electron chi connectivity index (χ3n) is 4.69. The molecule has 0 aliphatic carbocycles. The molecule has 1 heterocycles. The van der Waals surface area contributed by atoms with Gasteiger partial charge < -0.3 is 10.6 Å². The number of hydrogen-bond donors (Lipinski definition) is 1. The van der Waals surface area contributed by atoms with Crippen LogP contribution in [0.5, 0.6) is 0 Å². The van der Waals surface area contributed by atoms with Crippen LogP contribution in [0.25, 0.3) is 0 Å². The smallest absolute Gasteiger partial charge is 0.00815 e. The molecule has 0 radical (unpaired) electrons. The summed E-state index contributed by atoms with van der Waals surface area (Å²) in [5.41, 5.74) is 6.52. The molecule has 0 spiro atoms. The van der Waals surface area contributed by atoms with Gasteiger partial charge in [-0.05, 0) is 51.6 Å². The lowest BCUT2D eigenvalue weighted by Crippen LogP contribution is -2.45. The normalized spacial score (nSPS) is 25.3. The van der Waals surface area contributed by atoms with Crippen LogP contribution in [0.2, 0.25) is 0 Å². The first kappa shape index (κ1) is 14.0. The van der Waals surface area contributed by atoms with Crippen molar-refractivity contribution in [3.63, 3.8) is 0 Å². The Morgan fingerprint density at radius 2 is 1.62 bits per heavy atom. The molecule has 0 bridgehead atoms. The number of hydrogen-bond acceptors (Lipinski definition) is 2. The summed E-state index contributed by atoms with van der Waals surface area (Å²) in [4.78, 5) is 2.63. The Balaban J connectivity index is 2.42. The van der Waals surface area contributed by atoms with Crippen molar-refractivity contribution in [2.45, 2.75) is 71.9 Å². The highest BCUT2D eigenvalue weighted by molar-refractivity contribution is 4.86. The maximum absolute atomic E-state index is 5.88. The van der Waals surface area contributed by atoms with E-state index in [1.807, 2.05) is 0 Å². The average molecular weight is 226 g/mol. The number of nitrogens with two attached hydrogens (primary N) is 1. The largest absolute Gasteiger partial charge is 0.328 e. The lowest BCUT2D eigenvalue weighted by atomic mass is 9.74. The third-order valence-corrected chi connectivity index (χ3v) is 4.69. The standard InChI is InChI=1S/C14H30N2/c1-5-14(6-2)7-9-16(10-8-14)13(4)11-12(3)15/h12-13H,5-11,15H2,1-4H3. The van der Waals surface area contributed by atoms with Crippen molar-refractivity contribution in [3.8, 4) is 0 Å². The minimum absolute atomic E-state index is 0.332. The second-order valence-electron chi connectivity index (χ2n) is 5.81. The summed E-state index contributed by atoms with van der Waals surface area (Å²) in [5, 5.41) is 0. The fourth-order valence-corrected chi connectivity index (χ4v) is 3.08. The molecule has 0 amide bonds. The fourth-order valence-electron chi connectivity index (χ4n) is 3.08. The molecule has 1 fully saturated rings. The molecule has 0 aromatic heterocycles. The fraction of sp³-hybridized carbons (Fsp3) is 1.00. The van der Waals surface area contributed by atoms with Crippen molar-refractivity contribution in [1.29, 1.82) is 0 Å². The van der Waals surface area contributed by atoms with Crippen LogP contribution in [-0.2, 0) is 0 Å². The van der Waals surface area contributed by atoms with Crippen LogP contribution in [0.15, 0.2) is 0 Å². The minimum atomic E-state index is 0.332. The highest BCUT2D eigenvalue weighted by atomic mass is 15.2. The Labute approximate surface area is 102 Å². The van der Waals surface area contributed by atoms with Crippen LogP contribution >= 0.6 is 0 Å². The molecular weight excluding hydrogens is 196 g/mol. The van der Waals surface area contributed by atoms with Gasteiger partial charge in [0.15, 0.2) is 0 Å². The van der Waals surface area contributed by atoms with Crippen molar-refractivity contribution >= 4 is 0 Å². The van der Waals surface area contributed by atoms with Crippen LogP contribution < -0.4 is 5.73 Å². The molecule has 16 heavy (non-hydrogen) atoms. The second-order valence-corrected chi connectivity index (χ2v) is 5.81. The van der Waals surface area contributed by atoms with E-state index >= 15 is 0 Å². The summed E-state index contributed by atoms with van der Waals surface area (Å²) in [6.07, 6.45) is 6.58. The first-order valence-electron chi connectivity index (χ1n) is 7.02. The van der Waals surface area contributed by atoms with Gasteiger partial charge in [-0.15, -0.1) is 0 Å². The molecule has 2 atom stereocenters. The van der Waals surface area contributed by atoms with E-state index in [0.717, 1.165) is 6.42 Å². The quantitative estimate of drug-likeness (QED) is 0.781. The molecule has 96 valence electrons. The van der Waals surface area contributed by atoms with Crippen molar-refractivity contribution < 1.29 is 0 Å². The zero-order valence-corrected chi connectivity index (χ0v) is 11.6. The topological polar surface area (TPSA) is 29.3 Å². The lowest BCUT2D eigenvalue weighted by molar-refractivity contribution is 0.0670. The molecule has 2 N–H and O–H groups in total. The molecule has 1 rings (SSSR count). The van der Waals surface area contributed by atoms with E-state index in [1.165, 1.54) is 38.8 Å². The van der Waals surface area contributed by atoms with E-state index in [2.05, 4.69) is 32.6 Å². The van der Waals surface area contributed by atoms with Crippen molar-refractivity contribution in [2.24, 2.45) is 11.1 Å². The molecule has 0 saturated carbocycles. The SMILES string of the molecule is CCC1(CC)CCN(C(C)CC(C)N)CC1. The van der Waals surface area contributed by atoms with Crippen molar-refractivity contribution in [3.05, 3.63) is 0 Å². The Kier molecular flexibility index (Phi) is 5.26. The second kappa shape index (κ2) is 6.02. The van der Waals surface area contributed by atoms with E-state index in [-0.39, 0.29) is 0 Å². The number of piperidine rings is 1. The lowest BCUT2D eigenvalue weighted by Gasteiger charge is -2.43. The molecule has 2 heteroatoms. The van der Waals surface area contributed by atoms with Crippen LogP contribution in [0, 0.1) is 5.41 Å². The van der Waals surface area contributed by atoms with Crippen LogP contribution in [-0.4, -0.2) is 30.1 Å². The molecule has 1 saturated heterocycles. The van der Waals surface area contributed by atoms with Gasteiger partial charge in [0.25, 0.3) is 0 Å². The van der Waals surface area contributed by atoms with Crippen molar-refractivity contribution in [2.75, 3.05) is 13.1 Å². The van der Waals surface area contributed by atoms with Gasteiger partial charge in [-0.2, -0.15) is 0 Å². The molecule has 2 unspecified atom stereocenters. The first-order valence-corrected chi connectivity index (χ1v) is 7.02. The van der Waals surface area contributed by atoms with Gasteiger partial charge in [-0.25, -0.2) is 0 Å². The summed E-state index contributed by atoms with van der Waals surface area (Å²) in [7, 11) is 0. The van der Waals surface area contributed by atoms with Gasteiger partial charge in [-0.1, -0.05) is 26.7 Å². The van der Waals surface area contributed by atoms with Gasteiger partial charge in [0.2, 0.25) is 0 Å². The van der Waals surface area contributed by atoms with Crippen LogP contribution in [0.4, 0.5) is 0 Å². The van der Waals surface area contributed by atoms with Gasteiger partial charge >= 0.3 is 0 Å². The van der Waals surface area contributed by atoms with Crippen molar-refractivity contribution in [1.82, 2.24) is 4.90 Å². The van der Waals surface area contributed by atoms with Crippen LogP contribution in [0.1, 0.15) is 59.8 Å². The van der Waals surface area contributed by atoms with Crippen LogP contribution in [0.3, 0.4) is 0 Å². The monoisotopic (exact) mass is 226 g/mol. The Morgan fingerprint density at radius 1 is 1.12 bits per heavy atom. The number of rotatable bonds is 5. The van der Waals surface area contributed by atoms with E-state index in [1.54, 1.807) is 0 Å². The Bertz CT molecular complexity index is 187. The summed E-state index contributed by atoms with van der Waals surface area (Å²) in [6, 6.07) is 0.991. The highest BCUT2D eigenvalue weighted by Gasteiger charge is 2.32. The molecule has 2 nitrogen and oxygen atoms in total. The summed E-state index contributed by atoms with van der Waals surface area (Å²) in [6.45, 7) is 11.7. The zero-order valence-electron chi connectivity index (χ0n) is 11.6. The van der Waals surface area contributed by atoms with E-state index in [4.69, 9.17) is 5.73 Å². The molecule has 1 aliphatic heterocycles. The van der Waals surface area contributed by atoms with Gasteiger partial charge in [-0.3, -0.25) is 0 Å². The Hall–Kier alpha value is -0.0800. The summed E-state index contributed by atoms with van der Waals surface area (Å²) < 4.78 is 0. The molecule has 0 aromatic rings. The third kappa shape index (κ3) is 3.46. The van der Waals surface area contributed by atoms with E-state index in [9.17, 15) is 0 Å². The number of nitrogens with zero attached hydrogens (tertiary/aromatic N) is 1. The molecule has 0 aromatic carbocycles. The maximum Gasteiger partial charge on any atom is 0.00815 e. The van der Waals surface area contributed by atoms with E-state index < -0.39 is 0 Å². The predicted octanol–water partition coefficient (Wildman–Crippen LogP) is 3.01. The Morgan fingerprint density at radius 3 is 2.00 bits per heavy atom. The van der Waals surface area contributed by atoms with E-state index in [0.29, 0.717) is 17.5 Å². The van der Waals surface area contributed by atoms with Gasteiger partial charge in [0, 0.05) is 12.1 Å². The highest BCUT2D eigenvalue weighted by Crippen LogP contribution is 2.38. The zero-order chi connectivity index (χ0) is 12.2. The molecule has 1 aliphatic rings. The van der Waals surface area contributed by atoms with Gasteiger partial charge in [0.1, 0.15) is 0 Å². The molecular formula is C14H30N2. The minimum Gasteiger partial charge on any atom is -0.328 e. The summed E-state index contributed by atoms with van der Waals surface area (Å²) in [5.74, 6) is 0.